The third-order valence-electron chi connectivity index (χ3n) is 7.59. The summed E-state index contributed by atoms with van der Waals surface area (Å²) in [5.74, 6) is -0.0163. The van der Waals surface area contributed by atoms with Crippen LogP contribution >= 0.6 is 11.6 Å². The van der Waals surface area contributed by atoms with Gasteiger partial charge in [-0.1, -0.05) is 88.9 Å². The number of hydrogen-bond donors (Lipinski definition) is 1. The zero-order chi connectivity index (χ0) is 27.2. The van der Waals surface area contributed by atoms with Crippen molar-refractivity contribution in [2.45, 2.75) is 85.6 Å². The Morgan fingerprint density at radius 2 is 1.70 bits per heavy atom. The molecule has 0 aliphatic rings. The molecule has 0 saturated carbocycles. The maximum atomic E-state index is 14.0. The Hall–Kier alpha value is -2.59. The third-order valence-corrected chi connectivity index (χ3v) is 7.83. The quantitative estimate of drug-likeness (QED) is 0.191. The zero-order valence-electron chi connectivity index (χ0n) is 23.4. The molecule has 1 N–H and O–H groups in total. The molecule has 1 amide bonds. The Morgan fingerprint density at radius 1 is 1.00 bits per heavy atom. The number of unbranched alkanes of at least 4 members (excludes halogenated alkanes) is 3. The number of aromatic nitrogens is 1. The Bertz CT molecular complexity index is 1210. The second-order valence-corrected chi connectivity index (χ2v) is 11.9. The number of nitrogens with one attached hydrogen (secondary N) is 1. The average Bonchev–Trinajstić information content (AvgIpc) is 3.11. The van der Waals surface area contributed by atoms with E-state index in [-0.39, 0.29) is 29.1 Å². The van der Waals surface area contributed by atoms with E-state index in [0.717, 1.165) is 47.0 Å². The van der Waals surface area contributed by atoms with Crippen LogP contribution in [-0.4, -0.2) is 16.3 Å². The molecule has 2 aromatic carbocycles. The van der Waals surface area contributed by atoms with Crippen molar-refractivity contribution in [3.8, 4) is 0 Å². The van der Waals surface area contributed by atoms with Crippen LogP contribution in [0.1, 0.15) is 101 Å². The fourth-order valence-corrected chi connectivity index (χ4v) is 5.32. The van der Waals surface area contributed by atoms with E-state index >= 15 is 0 Å². The maximum absolute atomic E-state index is 14.0. The molecule has 4 nitrogen and oxygen atoms in total. The average molecular weight is 523 g/mol. The number of amides is 1. The molecule has 5 heteroatoms. The molecule has 37 heavy (non-hydrogen) atoms. The minimum atomic E-state index is -0.202. The minimum Gasteiger partial charge on any atom is -0.350 e. The normalized spacial score (nSPS) is 13.5. The van der Waals surface area contributed by atoms with Gasteiger partial charge in [0.1, 0.15) is 0 Å². The highest BCUT2D eigenvalue weighted by Crippen LogP contribution is 2.36. The molecule has 3 aromatic rings. The SMILES string of the molecule is CCCCCCc1c(C(=O)CC(CC(=O)NC(C)c2ccccc2)C(C)(C)C)c2cc(Cl)ccc2n1C. The summed E-state index contributed by atoms with van der Waals surface area (Å²) in [6.07, 6.45) is 6.06. The van der Waals surface area contributed by atoms with Gasteiger partial charge in [0.2, 0.25) is 5.91 Å². The monoisotopic (exact) mass is 522 g/mol. The van der Waals surface area contributed by atoms with Gasteiger partial charge in [0, 0.05) is 47.1 Å². The number of hydrogen-bond acceptors (Lipinski definition) is 2. The molecule has 1 aromatic heterocycles. The molecule has 0 saturated heterocycles. The predicted molar refractivity (Wildman–Crippen MR) is 155 cm³/mol. The summed E-state index contributed by atoms with van der Waals surface area (Å²) in [5, 5.41) is 4.68. The van der Waals surface area contributed by atoms with E-state index in [1.165, 1.54) is 12.8 Å². The van der Waals surface area contributed by atoms with E-state index in [2.05, 4.69) is 37.6 Å². The standard InChI is InChI=1S/C32H43ClN2O2/c1-7-8-9-13-16-28-31(26-21-25(33)17-18-27(26)35(28)6)29(36)19-24(32(3,4)5)20-30(37)34-22(2)23-14-11-10-12-15-23/h10-12,14-15,17-18,21-22,24H,7-9,13,16,19-20H2,1-6H3,(H,34,37). The number of ketones is 1. The van der Waals surface area contributed by atoms with E-state index in [0.29, 0.717) is 17.9 Å². The molecule has 3 rings (SSSR count). The van der Waals surface area contributed by atoms with Crippen LogP contribution in [-0.2, 0) is 18.3 Å². The highest BCUT2D eigenvalue weighted by Gasteiger charge is 2.32. The van der Waals surface area contributed by atoms with Crippen LogP contribution in [0, 0.1) is 11.3 Å². The Kier molecular flexibility index (Phi) is 10.0. The second kappa shape index (κ2) is 12.8. The van der Waals surface area contributed by atoms with Crippen molar-refractivity contribution in [2.24, 2.45) is 18.4 Å². The largest absolute Gasteiger partial charge is 0.350 e. The summed E-state index contributed by atoms with van der Waals surface area (Å²) < 4.78 is 2.16. The van der Waals surface area contributed by atoms with Gasteiger partial charge in [0.05, 0.1) is 6.04 Å². The number of nitrogens with zero attached hydrogens (tertiary/aromatic N) is 1. The van der Waals surface area contributed by atoms with E-state index in [9.17, 15) is 9.59 Å². The number of carbonyl (C=O) groups excluding carboxylic acids is 2. The van der Waals surface area contributed by atoms with Gasteiger partial charge in [-0.15, -0.1) is 0 Å². The van der Waals surface area contributed by atoms with E-state index in [1.54, 1.807) is 0 Å². The fraction of sp³-hybridized carbons (Fsp3) is 0.500. The van der Waals surface area contributed by atoms with Gasteiger partial charge in [0.25, 0.3) is 0 Å². The highest BCUT2D eigenvalue weighted by molar-refractivity contribution is 6.31. The van der Waals surface area contributed by atoms with E-state index < -0.39 is 0 Å². The lowest BCUT2D eigenvalue weighted by Gasteiger charge is -2.30. The molecular formula is C32H43ClN2O2. The van der Waals surface area contributed by atoms with Gasteiger partial charge in [-0.2, -0.15) is 0 Å². The Labute approximate surface area is 227 Å². The lowest BCUT2D eigenvalue weighted by Crippen LogP contribution is -2.33. The van der Waals surface area contributed by atoms with E-state index in [1.807, 2.05) is 62.5 Å². The van der Waals surface area contributed by atoms with Crippen LogP contribution in [0.2, 0.25) is 5.02 Å². The first-order valence-electron chi connectivity index (χ1n) is 13.7. The molecule has 0 bridgehead atoms. The number of aryl methyl sites for hydroxylation is 1. The minimum absolute atomic E-state index is 0.0233. The van der Waals surface area contributed by atoms with Crippen molar-refractivity contribution in [3.05, 3.63) is 70.4 Å². The zero-order valence-corrected chi connectivity index (χ0v) is 24.1. The number of fused-ring (bicyclic) bond motifs is 1. The van der Waals surface area contributed by atoms with Crippen molar-refractivity contribution in [1.29, 1.82) is 0 Å². The van der Waals surface area contributed by atoms with Crippen LogP contribution in [0.3, 0.4) is 0 Å². The van der Waals surface area contributed by atoms with Crippen LogP contribution < -0.4 is 5.32 Å². The van der Waals surface area contributed by atoms with Gasteiger partial charge in [0.15, 0.2) is 5.78 Å². The van der Waals surface area contributed by atoms with Gasteiger partial charge in [-0.25, -0.2) is 0 Å². The summed E-state index contributed by atoms with van der Waals surface area (Å²) in [4.78, 5) is 27.1. The van der Waals surface area contributed by atoms with Crippen molar-refractivity contribution in [3.63, 3.8) is 0 Å². The highest BCUT2D eigenvalue weighted by atomic mass is 35.5. The topological polar surface area (TPSA) is 51.1 Å². The van der Waals surface area contributed by atoms with Crippen molar-refractivity contribution >= 4 is 34.2 Å². The van der Waals surface area contributed by atoms with Gasteiger partial charge < -0.3 is 9.88 Å². The van der Waals surface area contributed by atoms with Crippen LogP contribution in [0.5, 0.6) is 0 Å². The first kappa shape index (κ1) is 29.0. The molecule has 1 heterocycles. The number of benzene rings is 2. The number of Topliss-reactive ketones (excluding diaryl/α,β-unsaturated/α-hetero) is 1. The summed E-state index contributed by atoms with van der Waals surface area (Å²) in [6.45, 7) is 10.5. The van der Waals surface area contributed by atoms with Crippen molar-refractivity contribution < 1.29 is 9.59 Å². The Balaban J connectivity index is 1.85. The van der Waals surface area contributed by atoms with Gasteiger partial charge in [-0.05, 0) is 54.9 Å². The van der Waals surface area contributed by atoms with E-state index in [4.69, 9.17) is 11.6 Å². The van der Waals surface area contributed by atoms with Gasteiger partial charge >= 0.3 is 0 Å². The second-order valence-electron chi connectivity index (χ2n) is 11.4. The maximum Gasteiger partial charge on any atom is 0.220 e. The fourth-order valence-electron chi connectivity index (χ4n) is 5.15. The number of carbonyl (C=O) groups is 2. The summed E-state index contributed by atoms with van der Waals surface area (Å²) in [6, 6.07) is 15.7. The molecule has 0 aliphatic carbocycles. The smallest absolute Gasteiger partial charge is 0.220 e. The lowest BCUT2D eigenvalue weighted by atomic mass is 9.75. The third kappa shape index (κ3) is 7.47. The van der Waals surface area contributed by atoms with Crippen molar-refractivity contribution in [2.75, 3.05) is 0 Å². The predicted octanol–water partition coefficient (Wildman–Crippen LogP) is 8.46. The summed E-state index contributed by atoms with van der Waals surface area (Å²) in [5.41, 5.74) is 3.75. The summed E-state index contributed by atoms with van der Waals surface area (Å²) >= 11 is 6.38. The van der Waals surface area contributed by atoms with Crippen LogP contribution in [0.15, 0.2) is 48.5 Å². The molecule has 0 aliphatic heterocycles. The molecule has 2 atom stereocenters. The van der Waals surface area contributed by atoms with Crippen molar-refractivity contribution in [1.82, 2.24) is 9.88 Å². The molecule has 200 valence electrons. The number of rotatable bonds is 12. The summed E-state index contributed by atoms with van der Waals surface area (Å²) in [7, 11) is 2.04. The van der Waals surface area contributed by atoms with Crippen LogP contribution in [0.25, 0.3) is 10.9 Å². The molecule has 0 fully saturated rings. The molecule has 0 radical (unpaired) electrons. The molecular weight excluding hydrogens is 480 g/mol. The first-order chi connectivity index (χ1) is 17.5. The first-order valence-corrected chi connectivity index (χ1v) is 14.0. The molecule has 0 spiro atoms. The molecule has 2 unspecified atom stereocenters. The Morgan fingerprint density at radius 3 is 2.35 bits per heavy atom. The van der Waals surface area contributed by atoms with Crippen LogP contribution in [0.4, 0.5) is 0 Å². The van der Waals surface area contributed by atoms with Gasteiger partial charge in [-0.3, -0.25) is 9.59 Å². The lowest BCUT2D eigenvalue weighted by molar-refractivity contribution is -0.123. The number of halogens is 1.